The van der Waals surface area contributed by atoms with E-state index >= 15 is 0 Å². The lowest BCUT2D eigenvalue weighted by Crippen LogP contribution is -2.20. The van der Waals surface area contributed by atoms with Crippen molar-refractivity contribution in [1.29, 1.82) is 0 Å². The molecule has 0 aromatic heterocycles. The number of nitrogens with zero attached hydrogens (tertiary/aromatic N) is 1. The topological polar surface area (TPSA) is 12.5 Å². The first-order chi connectivity index (χ1) is 8.72. The highest BCUT2D eigenvalue weighted by Crippen LogP contribution is 2.24. The summed E-state index contributed by atoms with van der Waals surface area (Å²) >= 11 is 5.76. The van der Waals surface area contributed by atoms with Gasteiger partial charge in [-0.05, 0) is 31.4 Å². The fraction of sp³-hybridized carbons (Fsp3) is 0.571. The van der Waals surface area contributed by atoms with E-state index in [1.165, 1.54) is 12.5 Å². The molecule has 100 valence electrons. The van der Waals surface area contributed by atoms with Crippen LogP contribution in [0.1, 0.15) is 18.4 Å². The SMILES string of the molecule is COc1ccc(CN2CCC(CCCl)C2)c(F)c1. The maximum atomic E-state index is 13.8. The molecule has 1 unspecified atom stereocenters. The van der Waals surface area contributed by atoms with Gasteiger partial charge in [-0.2, -0.15) is 0 Å². The Bertz CT molecular complexity index is 399. The summed E-state index contributed by atoms with van der Waals surface area (Å²) < 4.78 is 18.8. The summed E-state index contributed by atoms with van der Waals surface area (Å²) in [4.78, 5) is 2.29. The van der Waals surface area contributed by atoms with Crippen LogP contribution in [0.5, 0.6) is 5.75 Å². The zero-order valence-electron chi connectivity index (χ0n) is 10.7. The predicted molar refractivity (Wildman–Crippen MR) is 71.7 cm³/mol. The Morgan fingerprint density at radius 2 is 2.33 bits per heavy atom. The molecule has 0 bridgehead atoms. The molecule has 1 fully saturated rings. The molecule has 1 heterocycles. The average molecular weight is 272 g/mol. The lowest BCUT2D eigenvalue weighted by atomic mass is 10.1. The van der Waals surface area contributed by atoms with Gasteiger partial charge in [0, 0.05) is 30.6 Å². The number of alkyl halides is 1. The van der Waals surface area contributed by atoms with Crippen LogP contribution >= 0.6 is 11.6 Å². The molecule has 1 atom stereocenters. The highest BCUT2D eigenvalue weighted by atomic mass is 35.5. The molecule has 1 aromatic carbocycles. The molecular formula is C14H19ClFNO. The maximum absolute atomic E-state index is 13.8. The Morgan fingerprint density at radius 1 is 1.50 bits per heavy atom. The second kappa shape index (κ2) is 6.39. The minimum Gasteiger partial charge on any atom is -0.497 e. The summed E-state index contributed by atoms with van der Waals surface area (Å²) in [6, 6.07) is 5.06. The monoisotopic (exact) mass is 271 g/mol. The molecule has 1 aliphatic heterocycles. The van der Waals surface area contributed by atoms with Crippen LogP contribution in [0.3, 0.4) is 0 Å². The lowest BCUT2D eigenvalue weighted by molar-refractivity contribution is 0.309. The standard InChI is InChI=1S/C14H19ClFNO/c1-18-13-3-2-12(14(16)8-13)10-17-7-5-11(9-17)4-6-15/h2-3,8,11H,4-7,9-10H2,1H3. The third kappa shape index (κ3) is 3.36. The first-order valence-corrected chi connectivity index (χ1v) is 6.87. The molecule has 0 radical (unpaired) electrons. The normalized spacial score (nSPS) is 20.3. The fourth-order valence-corrected chi connectivity index (χ4v) is 2.78. The van der Waals surface area contributed by atoms with E-state index in [4.69, 9.17) is 16.3 Å². The fourth-order valence-electron chi connectivity index (χ4n) is 2.47. The first kappa shape index (κ1) is 13.6. The molecule has 1 aromatic rings. The second-order valence-electron chi connectivity index (χ2n) is 4.82. The van der Waals surface area contributed by atoms with E-state index in [-0.39, 0.29) is 5.82 Å². The molecule has 0 amide bonds. The van der Waals surface area contributed by atoms with Crippen molar-refractivity contribution in [3.05, 3.63) is 29.6 Å². The number of benzene rings is 1. The van der Waals surface area contributed by atoms with E-state index in [0.717, 1.165) is 31.0 Å². The van der Waals surface area contributed by atoms with Gasteiger partial charge in [-0.25, -0.2) is 4.39 Å². The van der Waals surface area contributed by atoms with Crippen LogP contribution in [0.2, 0.25) is 0 Å². The molecule has 18 heavy (non-hydrogen) atoms. The number of ether oxygens (including phenoxy) is 1. The summed E-state index contributed by atoms with van der Waals surface area (Å²) in [7, 11) is 1.55. The molecule has 2 rings (SSSR count). The minimum atomic E-state index is -0.185. The van der Waals surface area contributed by atoms with Crippen LogP contribution in [0.15, 0.2) is 18.2 Å². The molecule has 0 N–H and O–H groups in total. The molecule has 2 nitrogen and oxygen atoms in total. The van der Waals surface area contributed by atoms with Gasteiger partial charge < -0.3 is 4.74 Å². The zero-order valence-corrected chi connectivity index (χ0v) is 11.4. The Morgan fingerprint density at radius 3 is 3.00 bits per heavy atom. The van der Waals surface area contributed by atoms with E-state index in [9.17, 15) is 4.39 Å². The Labute approximate surface area is 113 Å². The summed E-state index contributed by atoms with van der Waals surface area (Å²) in [5.41, 5.74) is 0.738. The maximum Gasteiger partial charge on any atom is 0.131 e. The molecule has 0 spiro atoms. The number of hydrogen-bond acceptors (Lipinski definition) is 2. The van der Waals surface area contributed by atoms with Crippen LogP contribution in [0.25, 0.3) is 0 Å². The van der Waals surface area contributed by atoms with Crippen molar-refractivity contribution < 1.29 is 9.13 Å². The van der Waals surface area contributed by atoms with Crippen LogP contribution in [0, 0.1) is 11.7 Å². The van der Waals surface area contributed by atoms with Gasteiger partial charge in [-0.3, -0.25) is 4.90 Å². The van der Waals surface area contributed by atoms with Crippen molar-refractivity contribution >= 4 is 11.6 Å². The van der Waals surface area contributed by atoms with Gasteiger partial charge in [0.2, 0.25) is 0 Å². The molecule has 1 aliphatic rings. The number of likely N-dealkylation sites (tertiary alicyclic amines) is 1. The quantitative estimate of drug-likeness (QED) is 0.762. The summed E-state index contributed by atoms with van der Waals surface area (Å²) in [5.74, 6) is 1.77. The molecule has 0 aliphatic carbocycles. The van der Waals surface area contributed by atoms with Gasteiger partial charge in [-0.15, -0.1) is 11.6 Å². The number of halogens is 2. The van der Waals surface area contributed by atoms with E-state index in [1.54, 1.807) is 7.11 Å². The van der Waals surface area contributed by atoms with E-state index in [1.807, 2.05) is 12.1 Å². The second-order valence-corrected chi connectivity index (χ2v) is 5.20. The number of hydrogen-bond donors (Lipinski definition) is 0. The van der Waals surface area contributed by atoms with Crippen molar-refractivity contribution in [2.75, 3.05) is 26.1 Å². The molecular weight excluding hydrogens is 253 g/mol. The van der Waals surface area contributed by atoms with Crippen molar-refractivity contribution in [2.24, 2.45) is 5.92 Å². The van der Waals surface area contributed by atoms with Gasteiger partial charge in [0.05, 0.1) is 7.11 Å². The number of rotatable bonds is 5. The predicted octanol–water partition coefficient (Wildman–Crippen LogP) is 3.29. The largest absolute Gasteiger partial charge is 0.497 e. The highest BCUT2D eigenvalue weighted by molar-refractivity contribution is 6.17. The lowest BCUT2D eigenvalue weighted by Gasteiger charge is -2.16. The van der Waals surface area contributed by atoms with Gasteiger partial charge >= 0.3 is 0 Å². The molecule has 0 saturated carbocycles. The van der Waals surface area contributed by atoms with Crippen molar-refractivity contribution in [1.82, 2.24) is 4.90 Å². The van der Waals surface area contributed by atoms with Crippen molar-refractivity contribution in [2.45, 2.75) is 19.4 Å². The molecule has 4 heteroatoms. The van der Waals surface area contributed by atoms with Gasteiger partial charge in [0.15, 0.2) is 0 Å². The zero-order chi connectivity index (χ0) is 13.0. The Hall–Kier alpha value is -0.800. The third-order valence-corrected chi connectivity index (χ3v) is 3.76. The van der Waals surface area contributed by atoms with E-state index in [2.05, 4.69) is 4.90 Å². The van der Waals surface area contributed by atoms with Crippen LogP contribution in [0.4, 0.5) is 4.39 Å². The first-order valence-electron chi connectivity index (χ1n) is 6.33. The third-order valence-electron chi connectivity index (χ3n) is 3.54. The summed E-state index contributed by atoms with van der Waals surface area (Å²) in [6.07, 6.45) is 2.23. The Kier molecular flexibility index (Phi) is 4.84. The highest BCUT2D eigenvalue weighted by Gasteiger charge is 2.22. The van der Waals surface area contributed by atoms with Gasteiger partial charge in [-0.1, -0.05) is 6.07 Å². The van der Waals surface area contributed by atoms with Crippen molar-refractivity contribution in [3.8, 4) is 5.75 Å². The summed E-state index contributed by atoms with van der Waals surface area (Å²) in [5, 5.41) is 0. The van der Waals surface area contributed by atoms with Gasteiger partial charge in [0.1, 0.15) is 11.6 Å². The van der Waals surface area contributed by atoms with Crippen LogP contribution in [-0.4, -0.2) is 31.0 Å². The van der Waals surface area contributed by atoms with E-state index < -0.39 is 0 Å². The number of methoxy groups -OCH3 is 1. The van der Waals surface area contributed by atoms with E-state index in [0.29, 0.717) is 18.2 Å². The molecule has 1 saturated heterocycles. The smallest absolute Gasteiger partial charge is 0.131 e. The summed E-state index contributed by atoms with van der Waals surface area (Å²) in [6.45, 7) is 2.74. The average Bonchev–Trinajstić information content (AvgIpc) is 2.80. The van der Waals surface area contributed by atoms with Crippen LogP contribution < -0.4 is 4.74 Å². The van der Waals surface area contributed by atoms with Gasteiger partial charge in [0.25, 0.3) is 0 Å². The van der Waals surface area contributed by atoms with Crippen molar-refractivity contribution in [3.63, 3.8) is 0 Å². The van der Waals surface area contributed by atoms with Crippen LogP contribution in [-0.2, 0) is 6.54 Å². The minimum absolute atomic E-state index is 0.185. The Balaban J connectivity index is 1.94.